The topological polar surface area (TPSA) is 65.0 Å². The second-order valence-corrected chi connectivity index (χ2v) is 11.0. The number of sulfone groups is 1. The smallest absolute Gasteiger partial charge is 0.193 e. The summed E-state index contributed by atoms with van der Waals surface area (Å²) in [4.78, 5) is 8.95. The number of aliphatic imine (C=N–C) groups is 1. The fraction of sp³-hybridized carbons (Fsp3) is 0.650. The van der Waals surface area contributed by atoms with Crippen LogP contribution in [-0.2, 0) is 9.84 Å². The predicted octanol–water partition coefficient (Wildman–Crippen LogP) is 2.21. The summed E-state index contributed by atoms with van der Waals surface area (Å²) in [5.41, 5.74) is 3.95. The average molecular weight is 395 g/mol. The Morgan fingerprint density at radius 2 is 1.78 bits per heavy atom. The Balaban J connectivity index is 1.91. The molecule has 6 nitrogen and oxygen atoms in total. The number of hydrogen-bond acceptors (Lipinski definition) is 4. The minimum atomic E-state index is -3.13. The van der Waals surface area contributed by atoms with Gasteiger partial charge in [-0.15, -0.1) is 0 Å². The minimum absolute atomic E-state index is 0.109. The van der Waals surface area contributed by atoms with Crippen molar-refractivity contribution >= 4 is 21.5 Å². The first kappa shape index (κ1) is 21.5. The van der Waals surface area contributed by atoms with Gasteiger partial charge < -0.3 is 15.1 Å². The molecule has 0 saturated carbocycles. The molecule has 7 heteroatoms. The highest BCUT2D eigenvalue weighted by Gasteiger charge is 2.28. The first-order valence-corrected chi connectivity index (χ1v) is 11.2. The summed E-state index contributed by atoms with van der Waals surface area (Å²) >= 11 is 0. The van der Waals surface area contributed by atoms with E-state index in [1.54, 1.807) is 27.8 Å². The largest absolute Gasteiger partial charge is 0.368 e. The van der Waals surface area contributed by atoms with Crippen LogP contribution in [-0.4, -0.2) is 69.5 Å². The van der Waals surface area contributed by atoms with Gasteiger partial charge in [0.25, 0.3) is 0 Å². The van der Waals surface area contributed by atoms with Crippen LogP contribution in [0.5, 0.6) is 0 Å². The first-order valence-electron chi connectivity index (χ1n) is 9.56. The molecule has 0 aliphatic carbocycles. The van der Waals surface area contributed by atoms with E-state index in [9.17, 15) is 8.42 Å². The minimum Gasteiger partial charge on any atom is -0.368 e. The van der Waals surface area contributed by atoms with Crippen molar-refractivity contribution in [2.75, 3.05) is 50.4 Å². The summed E-state index contributed by atoms with van der Waals surface area (Å²) < 4.78 is 23.8. The Kier molecular flexibility index (Phi) is 6.78. The van der Waals surface area contributed by atoms with Crippen LogP contribution in [0, 0.1) is 13.8 Å². The van der Waals surface area contributed by atoms with Gasteiger partial charge in [-0.3, -0.25) is 4.99 Å². The summed E-state index contributed by atoms with van der Waals surface area (Å²) in [6.45, 7) is 13.5. The van der Waals surface area contributed by atoms with E-state index in [-0.39, 0.29) is 5.75 Å². The Bertz CT molecular complexity index is 774. The molecule has 0 aromatic heterocycles. The van der Waals surface area contributed by atoms with Crippen molar-refractivity contribution in [3.63, 3.8) is 0 Å². The highest BCUT2D eigenvalue weighted by Crippen LogP contribution is 2.23. The molecular weight excluding hydrogens is 360 g/mol. The van der Waals surface area contributed by atoms with Crippen molar-refractivity contribution in [3.05, 3.63) is 29.3 Å². The molecule has 0 bridgehead atoms. The third-order valence-corrected chi connectivity index (χ3v) is 7.90. The van der Waals surface area contributed by atoms with Gasteiger partial charge in [-0.05, 0) is 51.8 Å². The number of piperazine rings is 1. The summed E-state index contributed by atoms with van der Waals surface area (Å²) in [5, 5.41) is 3.22. The predicted molar refractivity (Wildman–Crippen MR) is 115 cm³/mol. The lowest BCUT2D eigenvalue weighted by Crippen LogP contribution is -2.53. The molecule has 1 aliphatic heterocycles. The SMILES string of the molecule is CN=C(NCCS(=O)(=O)C(C)(C)C)N1CCN(c2cccc(C)c2C)CC1. The van der Waals surface area contributed by atoms with E-state index in [2.05, 4.69) is 52.2 Å². The summed E-state index contributed by atoms with van der Waals surface area (Å²) in [7, 11) is -1.38. The van der Waals surface area contributed by atoms with Gasteiger partial charge in [-0.25, -0.2) is 8.42 Å². The van der Waals surface area contributed by atoms with Crippen molar-refractivity contribution in [1.82, 2.24) is 10.2 Å². The zero-order chi connectivity index (χ0) is 20.2. The normalized spacial score (nSPS) is 16.6. The number of nitrogens with one attached hydrogen (secondary N) is 1. The number of aryl methyl sites for hydroxylation is 1. The summed E-state index contributed by atoms with van der Waals surface area (Å²) in [6, 6.07) is 6.44. The molecule has 27 heavy (non-hydrogen) atoms. The average Bonchev–Trinajstić information content (AvgIpc) is 2.60. The van der Waals surface area contributed by atoms with Crippen LogP contribution in [0.4, 0.5) is 5.69 Å². The van der Waals surface area contributed by atoms with Gasteiger partial charge in [0.1, 0.15) is 0 Å². The van der Waals surface area contributed by atoms with Crippen LogP contribution in [0.25, 0.3) is 0 Å². The molecule has 152 valence electrons. The number of benzene rings is 1. The van der Waals surface area contributed by atoms with Crippen LogP contribution >= 0.6 is 0 Å². The molecule has 1 aromatic carbocycles. The van der Waals surface area contributed by atoms with Crippen molar-refractivity contribution in [3.8, 4) is 0 Å². The fourth-order valence-electron chi connectivity index (χ4n) is 3.17. The maximum atomic E-state index is 12.3. The molecular formula is C20H34N4O2S. The molecule has 1 aliphatic rings. The fourth-order valence-corrected chi connectivity index (χ4v) is 4.16. The molecule has 1 aromatic rings. The highest BCUT2D eigenvalue weighted by atomic mass is 32.2. The molecule has 1 N–H and O–H groups in total. The van der Waals surface area contributed by atoms with E-state index < -0.39 is 14.6 Å². The van der Waals surface area contributed by atoms with Crippen molar-refractivity contribution in [2.24, 2.45) is 4.99 Å². The van der Waals surface area contributed by atoms with Gasteiger partial charge in [0, 0.05) is 45.5 Å². The number of rotatable bonds is 4. The van der Waals surface area contributed by atoms with E-state index in [0.717, 1.165) is 32.1 Å². The van der Waals surface area contributed by atoms with Gasteiger partial charge in [0.2, 0.25) is 0 Å². The van der Waals surface area contributed by atoms with Crippen LogP contribution in [0.15, 0.2) is 23.2 Å². The molecule has 1 fully saturated rings. The molecule has 0 radical (unpaired) electrons. The highest BCUT2D eigenvalue weighted by molar-refractivity contribution is 7.92. The Morgan fingerprint density at radius 3 is 2.33 bits per heavy atom. The standard InChI is InChI=1S/C20H34N4O2S/c1-16-8-7-9-18(17(16)2)23-11-13-24(14-12-23)19(21-6)22-10-15-27(25,26)20(3,4)5/h7-9H,10-15H2,1-6H3,(H,21,22). The molecule has 1 heterocycles. The van der Waals surface area contributed by atoms with E-state index in [0.29, 0.717) is 6.54 Å². The van der Waals surface area contributed by atoms with Crippen LogP contribution in [0.1, 0.15) is 31.9 Å². The van der Waals surface area contributed by atoms with Gasteiger partial charge in [-0.2, -0.15) is 0 Å². The van der Waals surface area contributed by atoms with E-state index >= 15 is 0 Å². The third-order valence-electron chi connectivity index (χ3n) is 5.29. The van der Waals surface area contributed by atoms with Gasteiger partial charge in [0.05, 0.1) is 10.5 Å². The first-order chi connectivity index (χ1) is 12.6. The number of nitrogens with zero attached hydrogens (tertiary/aromatic N) is 3. The Labute approximate surface area is 164 Å². The van der Waals surface area contributed by atoms with Crippen LogP contribution < -0.4 is 10.2 Å². The zero-order valence-electron chi connectivity index (χ0n) is 17.5. The maximum Gasteiger partial charge on any atom is 0.193 e. The second-order valence-electron chi connectivity index (χ2n) is 8.10. The lowest BCUT2D eigenvalue weighted by atomic mass is 10.1. The van der Waals surface area contributed by atoms with Gasteiger partial charge in [0.15, 0.2) is 15.8 Å². The van der Waals surface area contributed by atoms with Crippen molar-refractivity contribution in [1.29, 1.82) is 0 Å². The second kappa shape index (κ2) is 8.50. The quantitative estimate of drug-likeness (QED) is 0.627. The van der Waals surface area contributed by atoms with Crippen molar-refractivity contribution < 1.29 is 8.42 Å². The van der Waals surface area contributed by atoms with Gasteiger partial charge >= 0.3 is 0 Å². The number of hydrogen-bond donors (Lipinski definition) is 1. The molecule has 0 spiro atoms. The monoisotopic (exact) mass is 394 g/mol. The number of guanidine groups is 1. The molecule has 1 saturated heterocycles. The lowest BCUT2D eigenvalue weighted by molar-refractivity contribution is 0.373. The van der Waals surface area contributed by atoms with E-state index in [1.807, 2.05) is 0 Å². The van der Waals surface area contributed by atoms with Gasteiger partial charge in [-0.1, -0.05) is 12.1 Å². The molecule has 0 amide bonds. The van der Waals surface area contributed by atoms with Crippen molar-refractivity contribution in [2.45, 2.75) is 39.4 Å². The zero-order valence-corrected chi connectivity index (χ0v) is 18.4. The Morgan fingerprint density at radius 1 is 1.15 bits per heavy atom. The third kappa shape index (κ3) is 5.15. The molecule has 0 atom stereocenters. The number of anilines is 1. The maximum absolute atomic E-state index is 12.3. The van der Waals surface area contributed by atoms with E-state index in [1.165, 1.54) is 16.8 Å². The molecule has 2 rings (SSSR count). The summed E-state index contributed by atoms with van der Waals surface area (Å²) in [5.74, 6) is 0.887. The lowest BCUT2D eigenvalue weighted by Gasteiger charge is -2.38. The summed E-state index contributed by atoms with van der Waals surface area (Å²) in [6.07, 6.45) is 0. The van der Waals surface area contributed by atoms with Crippen LogP contribution in [0.3, 0.4) is 0 Å². The molecule has 0 unspecified atom stereocenters. The van der Waals surface area contributed by atoms with Crippen LogP contribution in [0.2, 0.25) is 0 Å². The van der Waals surface area contributed by atoms with E-state index in [4.69, 9.17) is 0 Å². The Hall–Kier alpha value is -1.76.